The van der Waals surface area contributed by atoms with Crippen LogP contribution in [0, 0.1) is 0 Å². The summed E-state index contributed by atoms with van der Waals surface area (Å²) in [6, 6.07) is 0. The molecule has 4 heteroatoms. The number of hydrogen-bond acceptors (Lipinski definition) is 2. The maximum absolute atomic E-state index is 5.78. The van der Waals surface area contributed by atoms with E-state index in [-0.39, 0.29) is 0 Å². The van der Waals surface area contributed by atoms with E-state index in [0.29, 0.717) is 5.96 Å². The van der Waals surface area contributed by atoms with E-state index in [1.165, 1.54) is 19.3 Å². The van der Waals surface area contributed by atoms with Gasteiger partial charge in [0.1, 0.15) is 0 Å². The normalized spacial score (nSPS) is 12.1. The molecule has 0 aliphatic heterocycles. The molecule has 102 valence electrons. The lowest BCUT2D eigenvalue weighted by atomic mass is 10.2. The number of aliphatic imine (C=N–C) groups is 1. The van der Waals surface area contributed by atoms with Crippen LogP contribution >= 0.6 is 0 Å². The van der Waals surface area contributed by atoms with E-state index in [1.54, 1.807) is 0 Å². The second kappa shape index (κ2) is 11.7. The van der Waals surface area contributed by atoms with Gasteiger partial charge in [0.15, 0.2) is 5.96 Å². The molecule has 0 atom stereocenters. The van der Waals surface area contributed by atoms with E-state index in [1.807, 2.05) is 0 Å². The summed E-state index contributed by atoms with van der Waals surface area (Å²) < 4.78 is 0. The summed E-state index contributed by atoms with van der Waals surface area (Å²) in [5.41, 5.74) is 5.78. The number of nitrogens with one attached hydrogen (secondary N) is 1. The minimum atomic E-state index is 0.591. The van der Waals surface area contributed by atoms with Crippen LogP contribution in [-0.2, 0) is 0 Å². The van der Waals surface area contributed by atoms with Gasteiger partial charge in [0, 0.05) is 19.6 Å². The Morgan fingerprint density at radius 3 is 2.41 bits per heavy atom. The van der Waals surface area contributed by atoms with Gasteiger partial charge >= 0.3 is 0 Å². The van der Waals surface area contributed by atoms with E-state index in [9.17, 15) is 0 Å². The molecule has 0 fully saturated rings. The van der Waals surface area contributed by atoms with Gasteiger partial charge in [-0.15, -0.1) is 0 Å². The van der Waals surface area contributed by atoms with Crippen molar-refractivity contribution in [3.63, 3.8) is 0 Å². The molecular weight excluding hydrogens is 212 g/mol. The number of unbranched alkanes of at least 4 members (excludes halogenated alkanes) is 3. The smallest absolute Gasteiger partial charge is 0.188 e. The molecule has 0 aliphatic rings. The van der Waals surface area contributed by atoms with Crippen LogP contribution in [-0.4, -0.2) is 43.6 Å². The lowest BCUT2D eigenvalue weighted by Crippen LogP contribution is -2.38. The first-order chi connectivity index (χ1) is 8.24. The summed E-state index contributed by atoms with van der Waals surface area (Å²) in [5.74, 6) is 0.591. The van der Waals surface area contributed by atoms with Crippen molar-refractivity contribution >= 4 is 5.96 Å². The van der Waals surface area contributed by atoms with Crippen molar-refractivity contribution in [1.82, 2.24) is 10.2 Å². The van der Waals surface area contributed by atoms with Crippen LogP contribution in [0.1, 0.15) is 46.5 Å². The molecule has 0 aliphatic carbocycles. The predicted molar refractivity (Wildman–Crippen MR) is 76.4 cm³/mol. The number of nitrogens with zero attached hydrogens (tertiary/aromatic N) is 2. The molecule has 0 bridgehead atoms. The Labute approximate surface area is 107 Å². The van der Waals surface area contributed by atoms with Crippen molar-refractivity contribution in [1.29, 1.82) is 0 Å². The standard InChI is InChI=1S/C13H30N4/c1-4-7-8-9-10-15-13(14)16-11-12-17(5-2)6-3/h4-12H2,1-3H3,(H3,14,15,16). The summed E-state index contributed by atoms with van der Waals surface area (Å²) in [6.45, 7) is 11.5. The molecule has 0 saturated heterocycles. The molecule has 0 saturated carbocycles. The minimum Gasteiger partial charge on any atom is -0.370 e. The second-order valence-electron chi connectivity index (χ2n) is 4.28. The van der Waals surface area contributed by atoms with Crippen LogP contribution < -0.4 is 11.1 Å². The topological polar surface area (TPSA) is 53.6 Å². The Morgan fingerprint density at radius 2 is 1.82 bits per heavy atom. The molecule has 0 unspecified atom stereocenters. The van der Waals surface area contributed by atoms with Gasteiger partial charge in [0.25, 0.3) is 0 Å². The lowest BCUT2D eigenvalue weighted by Gasteiger charge is -2.18. The summed E-state index contributed by atoms with van der Waals surface area (Å²) in [4.78, 5) is 6.67. The average Bonchev–Trinajstić information content (AvgIpc) is 2.34. The fraction of sp³-hybridized carbons (Fsp3) is 0.923. The van der Waals surface area contributed by atoms with Gasteiger partial charge in [0.2, 0.25) is 0 Å². The highest BCUT2D eigenvalue weighted by Gasteiger charge is 1.98. The molecular formula is C13H30N4. The van der Waals surface area contributed by atoms with Gasteiger partial charge in [-0.25, -0.2) is 0 Å². The molecule has 0 radical (unpaired) electrons. The first-order valence-electron chi connectivity index (χ1n) is 7.00. The van der Waals surface area contributed by atoms with Gasteiger partial charge < -0.3 is 16.0 Å². The van der Waals surface area contributed by atoms with Crippen molar-refractivity contribution < 1.29 is 0 Å². The summed E-state index contributed by atoms with van der Waals surface area (Å²) in [5, 5.41) is 3.16. The van der Waals surface area contributed by atoms with E-state index in [0.717, 1.165) is 39.1 Å². The SMILES string of the molecule is CCCCCCN=C(N)NCCN(CC)CC. The Kier molecular flexibility index (Phi) is 11.2. The third kappa shape index (κ3) is 10.1. The van der Waals surface area contributed by atoms with Gasteiger partial charge in [-0.3, -0.25) is 4.99 Å². The second-order valence-corrected chi connectivity index (χ2v) is 4.28. The minimum absolute atomic E-state index is 0.591. The Bertz CT molecular complexity index is 188. The van der Waals surface area contributed by atoms with Crippen LogP contribution in [0.3, 0.4) is 0 Å². The fourth-order valence-corrected chi connectivity index (χ4v) is 1.68. The van der Waals surface area contributed by atoms with Crippen molar-refractivity contribution in [3.8, 4) is 0 Å². The molecule has 0 aromatic heterocycles. The largest absolute Gasteiger partial charge is 0.370 e. The van der Waals surface area contributed by atoms with Crippen molar-refractivity contribution in [2.24, 2.45) is 10.7 Å². The highest BCUT2D eigenvalue weighted by atomic mass is 15.2. The molecule has 3 N–H and O–H groups in total. The zero-order chi connectivity index (χ0) is 12.9. The lowest BCUT2D eigenvalue weighted by molar-refractivity contribution is 0.308. The predicted octanol–water partition coefficient (Wildman–Crippen LogP) is 1.81. The maximum Gasteiger partial charge on any atom is 0.188 e. The third-order valence-corrected chi connectivity index (χ3v) is 2.92. The number of rotatable bonds is 10. The molecule has 0 heterocycles. The molecule has 0 amide bonds. The molecule has 0 rings (SSSR count). The monoisotopic (exact) mass is 242 g/mol. The van der Waals surface area contributed by atoms with Gasteiger partial charge in [-0.1, -0.05) is 40.0 Å². The Balaban J connectivity index is 3.49. The third-order valence-electron chi connectivity index (χ3n) is 2.92. The highest BCUT2D eigenvalue weighted by molar-refractivity contribution is 5.77. The van der Waals surface area contributed by atoms with E-state index in [2.05, 4.69) is 36.0 Å². The number of guanidine groups is 1. The van der Waals surface area contributed by atoms with Gasteiger partial charge in [0.05, 0.1) is 0 Å². The zero-order valence-corrected chi connectivity index (χ0v) is 11.8. The summed E-state index contributed by atoms with van der Waals surface area (Å²) >= 11 is 0. The van der Waals surface area contributed by atoms with Crippen LogP contribution in [0.2, 0.25) is 0 Å². The molecule has 0 spiro atoms. The zero-order valence-electron chi connectivity index (χ0n) is 11.8. The van der Waals surface area contributed by atoms with Crippen molar-refractivity contribution in [2.75, 3.05) is 32.7 Å². The quantitative estimate of drug-likeness (QED) is 0.349. The molecule has 4 nitrogen and oxygen atoms in total. The van der Waals surface area contributed by atoms with E-state index in [4.69, 9.17) is 5.73 Å². The molecule has 0 aromatic rings. The fourth-order valence-electron chi connectivity index (χ4n) is 1.68. The van der Waals surface area contributed by atoms with Crippen molar-refractivity contribution in [3.05, 3.63) is 0 Å². The van der Waals surface area contributed by atoms with Crippen LogP contribution in [0.25, 0.3) is 0 Å². The van der Waals surface area contributed by atoms with Crippen LogP contribution in [0.5, 0.6) is 0 Å². The first-order valence-corrected chi connectivity index (χ1v) is 7.00. The molecule has 17 heavy (non-hydrogen) atoms. The van der Waals surface area contributed by atoms with Gasteiger partial charge in [-0.2, -0.15) is 0 Å². The van der Waals surface area contributed by atoms with Crippen LogP contribution in [0.15, 0.2) is 4.99 Å². The highest BCUT2D eigenvalue weighted by Crippen LogP contribution is 1.98. The van der Waals surface area contributed by atoms with E-state index >= 15 is 0 Å². The summed E-state index contributed by atoms with van der Waals surface area (Å²) in [6.07, 6.45) is 4.96. The van der Waals surface area contributed by atoms with Gasteiger partial charge in [-0.05, 0) is 19.5 Å². The Hall–Kier alpha value is -0.770. The first kappa shape index (κ1) is 16.2. The number of nitrogens with two attached hydrogens (primary N) is 1. The maximum atomic E-state index is 5.78. The Morgan fingerprint density at radius 1 is 1.12 bits per heavy atom. The number of likely N-dealkylation sites (N-methyl/N-ethyl adjacent to an activating group) is 1. The average molecular weight is 242 g/mol. The van der Waals surface area contributed by atoms with Crippen LogP contribution in [0.4, 0.5) is 0 Å². The summed E-state index contributed by atoms with van der Waals surface area (Å²) in [7, 11) is 0. The van der Waals surface area contributed by atoms with E-state index < -0.39 is 0 Å². The molecule has 0 aromatic carbocycles. The number of hydrogen-bond donors (Lipinski definition) is 2. The van der Waals surface area contributed by atoms with Crippen molar-refractivity contribution in [2.45, 2.75) is 46.5 Å².